The van der Waals surface area contributed by atoms with Crippen molar-refractivity contribution in [3.05, 3.63) is 28.6 Å². The number of benzene rings is 1. The molecule has 0 radical (unpaired) electrons. The van der Waals surface area contributed by atoms with Crippen molar-refractivity contribution in [3.8, 4) is 0 Å². The Balaban J connectivity index is 1.98. The predicted molar refractivity (Wildman–Crippen MR) is 98.6 cm³/mol. The fourth-order valence-corrected chi connectivity index (χ4v) is 4.48. The van der Waals surface area contributed by atoms with E-state index in [1.165, 1.54) is 17.8 Å². The Morgan fingerprint density at radius 1 is 1.24 bits per heavy atom. The lowest BCUT2D eigenvalue weighted by molar-refractivity contribution is -0.122. The standard InChI is InChI=1S/C19H24N2O3S/c1-3-21-15-11-10-14(18(23)24-4-2)12-16(15)25-19(21)20-17(22)13-8-6-5-7-9-13/h10-13H,3-9H2,1-2H3. The maximum absolute atomic E-state index is 12.5. The second-order valence-electron chi connectivity index (χ2n) is 6.32. The second-order valence-corrected chi connectivity index (χ2v) is 7.33. The third-order valence-electron chi connectivity index (χ3n) is 4.67. The zero-order chi connectivity index (χ0) is 17.8. The highest BCUT2D eigenvalue weighted by molar-refractivity contribution is 7.16. The van der Waals surface area contributed by atoms with Crippen molar-refractivity contribution in [1.82, 2.24) is 4.57 Å². The number of hydrogen-bond donors (Lipinski definition) is 0. The summed E-state index contributed by atoms with van der Waals surface area (Å²) in [5, 5.41) is 0. The molecule has 1 aliphatic carbocycles. The highest BCUT2D eigenvalue weighted by atomic mass is 32.1. The van der Waals surface area contributed by atoms with E-state index in [-0.39, 0.29) is 17.8 Å². The lowest BCUT2D eigenvalue weighted by atomic mass is 9.89. The van der Waals surface area contributed by atoms with Crippen LogP contribution in [0, 0.1) is 5.92 Å². The van der Waals surface area contributed by atoms with Gasteiger partial charge >= 0.3 is 5.97 Å². The Bertz CT molecular complexity index is 844. The first-order valence-corrected chi connectivity index (χ1v) is 9.84. The molecular formula is C19H24N2O3S. The highest BCUT2D eigenvalue weighted by Gasteiger charge is 2.21. The van der Waals surface area contributed by atoms with E-state index in [4.69, 9.17) is 4.74 Å². The minimum Gasteiger partial charge on any atom is -0.462 e. The van der Waals surface area contributed by atoms with Gasteiger partial charge in [-0.1, -0.05) is 30.6 Å². The van der Waals surface area contributed by atoms with Crippen molar-refractivity contribution in [3.63, 3.8) is 0 Å². The number of ether oxygens (including phenoxy) is 1. The molecule has 134 valence electrons. The van der Waals surface area contributed by atoms with Gasteiger partial charge in [0.15, 0.2) is 4.80 Å². The molecule has 1 aromatic heterocycles. The van der Waals surface area contributed by atoms with Crippen LogP contribution in [0.1, 0.15) is 56.3 Å². The molecule has 0 bridgehead atoms. The molecule has 1 aromatic carbocycles. The van der Waals surface area contributed by atoms with Crippen LogP contribution in [0.2, 0.25) is 0 Å². The summed E-state index contributed by atoms with van der Waals surface area (Å²) >= 11 is 1.46. The normalized spacial score (nSPS) is 16.3. The summed E-state index contributed by atoms with van der Waals surface area (Å²) in [7, 11) is 0. The van der Waals surface area contributed by atoms with Gasteiger partial charge in [0.25, 0.3) is 5.91 Å². The number of carbonyl (C=O) groups excluding carboxylic acids is 2. The van der Waals surface area contributed by atoms with Crippen LogP contribution < -0.4 is 4.80 Å². The number of carbonyl (C=O) groups is 2. The molecule has 1 aliphatic rings. The van der Waals surface area contributed by atoms with E-state index in [0.717, 1.165) is 42.4 Å². The zero-order valence-electron chi connectivity index (χ0n) is 14.8. The van der Waals surface area contributed by atoms with Crippen molar-refractivity contribution in [2.75, 3.05) is 6.61 Å². The van der Waals surface area contributed by atoms with Crippen molar-refractivity contribution >= 4 is 33.4 Å². The average Bonchev–Trinajstić information content (AvgIpc) is 2.98. The van der Waals surface area contributed by atoms with Gasteiger partial charge in [0.2, 0.25) is 0 Å². The summed E-state index contributed by atoms with van der Waals surface area (Å²) in [4.78, 5) is 29.6. The van der Waals surface area contributed by atoms with Crippen LogP contribution in [-0.2, 0) is 16.1 Å². The number of amides is 1. The van der Waals surface area contributed by atoms with Gasteiger partial charge in [-0.05, 0) is 44.9 Å². The Morgan fingerprint density at radius 3 is 2.68 bits per heavy atom. The van der Waals surface area contributed by atoms with Crippen molar-refractivity contribution < 1.29 is 14.3 Å². The number of rotatable bonds is 4. The third-order valence-corrected chi connectivity index (χ3v) is 5.71. The molecule has 1 fully saturated rings. The fourth-order valence-electron chi connectivity index (χ4n) is 3.34. The number of thiazole rings is 1. The van der Waals surface area contributed by atoms with Gasteiger partial charge in [-0.15, -0.1) is 0 Å². The number of aryl methyl sites for hydroxylation is 1. The van der Waals surface area contributed by atoms with Gasteiger partial charge in [-0.3, -0.25) is 4.79 Å². The van der Waals surface area contributed by atoms with Gasteiger partial charge in [0, 0.05) is 12.5 Å². The van der Waals surface area contributed by atoms with E-state index in [1.54, 1.807) is 13.0 Å². The minimum atomic E-state index is -0.322. The second kappa shape index (κ2) is 7.95. The monoisotopic (exact) mass is 360 g/mol. The van der Waals surface area contributed by atoms with Crippen LogP contribution in [0.3, 0.4) is 0 Å². The van der Waals surface area contributed by atoms with Gasteiger partial charge in [-0.2, -0.15) is 4.99 Å². The van der Waals surface area contributed by atoms with Crippen LogP contribution in [0.25, 0.3) is 10.2 Å². The topological polar surface area (TPSA) is 60.7 Å². The molecule has 1 saturated carbocycles. The van der Waals surface area contributed by atoms with E-state index in [9.17, 15) is 9.59 Å². The summed E-state index contributed by atoms with van der Waals surface area (Å²) in [5.41, 5.74) is 1.53. The third kappa shape index (κ3) is 3.84. The lowest BCUT2D eigenvalue weighted by Crippen LogP contribution is -2.21. The zero-order valence-corrected chi connectivity index (χ0v) is 15.6. The maximum atomic E-state index is 12.5. The first kappa shape index (κ1) is 17.9. The van der Waals surface area contributed by atoms with Gasteiger partial charge in [0.05, 0.1) is 22.4 Å². The number of hydrogen-bond acceptors (Lipinski definition) is 4. The quantitative estimate of drug-likeness (QED) is 0.777. The Labute approximate surface area is 151 Å². The number of esters is 1. The largest absolute Gasteiger partial charge is 0.462 e. The minimum absolute atomic E-state index is 0.000859. The number of fused-ring (bicyclic) bond motifs is 1. The molecule has 0 N–H and O–H groups in total. The molecule has 0 spiro atoms. The molecule has 2 aromatic rings. The molecule has 0 atom stereocenters. The summed E-state index contributed by atoms with van der Waals surface area (Å²) < 4.78 is 8.05. The molecule has 0 unspecified atom stereocenters. The highest BCUT2D eigenvalue weighted by Crippen LogP contribution is 2.25. The van der Waals surface area contributed by atoms with Crippen molar-refractivity contribution in [1.29, 1.82) is 0 Å². The van der Waals surface area contributed by atoms with Crippen molar-refractivity contribution in [2.45, 2.75) is 52.5 Å². The van der Waals surface area contributed by atoms with E-state index < -0.39 is 0 Å². The predicted octanol–water partition coefficient (Wildman–Crippen LogP) is 3.91. The molecule has 1 amide bonds. The van der Waals surface area contributed by atoms with Crippen LogP contribution in [0.15, 0.2) is 23.2 Å². The number of nitrogens with zero attached hydrogens (tertiary/aromatic N) is 2. The van der Waals surface area contributed by atoms with Crippen LogP contribution >= 0.6 is 11.3 Å². The maximum Gasteiger partial charge on any atom is 0.338 e. The lowest BCUT2D eigenvalue weighted by Gasteiger charge is -2.17. The van der Waals surface area contributed by atoms with Gasteiger partial charge in [0.1, 0.15) is 0 Å². The molecular weight excluding hydrogens is 336 g/mol. The van der Waals surface area contributed by atoms with Crippen LogP contribution in [0.4, 0.5) is 0 Å². The van der Waals surface area contributed by atoms with E-state index >= 15 is 0 Å². The van der Waals surface area contributed by atoms with Gasteiger partial charge < -0.3 is 9.30 Å². The van der Waals surface area contributed by atoms with Crippen molar-refractivity contribution in [2.24, 2.45) is 10.9 Å². The smallest absolute Gasteiger partial charge is 0.338 e. The van der Waals surface area contributed by atoms with Crippen LogP contribution in [-0.4, -0.2) is 23.1 Å². The van der Waals surface area contributed by atoms with E-state index in [1.807, 2.05) is 23.6 Å². The Hall–Kier alpha value is -1.95. The molecule has 0 aliphatic heterocycles. The summed E-state index contributed by atoms with van der Waals surface area (Å²) in [6.07, 6.45) is 5.36. The summed E-state index contributed by atoms with van der Waals surface area (Å²) in [6, 6.07) is 5.51. The summed E-state index contributed by atoms with van der Waals surface area (Å²) in [5.74, 6) is -0.254. The van der Waals surface area contributed by atoms with Gasteiger partial charge in [-0.25, -0.2) is 4.79 Å². The summed E-state index contributed by atoms with van der Waals surface area (Å²) in [6.45, 7) is 4.91. The van der Waals surface area contributed by atoms with Crippen LogP contribution in [0.5, 0.6) is 0 Å². The molecule has 5 nitrogen and oxygen atoms in total. The Morgan fingerprint density at radius 2 is 2.00 bits per heavy atom. The SMILES string of the molecule is CCOC(=O)c1ccc2c(c1)sc(=NC(=O)C1CCCCC1)n2CC. The first-order chi connectivity index (χ1) is 12.1. The Kier molecular flexibility index (Phi) is 5.68. The fraction of sp³-hybridized carbons (Fsp3) is 0.526. The molecule has 0 saturated heterocycles. The molecule has 3 rings (SSSR count). The average molecular weight is 360 g/mol. The van der Waals surface area contributed by atoms with E-state index in [2.05, 4.69) is 4.99 Å². The number of aromatic nitrogens is 1. The first-order valence-electron chi connectivity index (χ1n) is 9.03. The molecule has 25 heavy (non-hydrogen) atoms. The molecule has 1 heterocycles. The molecule has 6 heteroatoms. The van der Waals surface area contributed by atoms with E-state index in [0.29, 0.717) is 17.0 Å².